The number of halogens is 1. The van der Waals surface area contributed by atoms with Gasteiger partial charge in [-0.2, -0.15) is 0 Å². The lowest BCUT2D eigenvalue weighted by Gasteiger charge is -2.06. The second-order valence-corrected chi connectivity index (χ2v) is 8.09. The van der Waals surface area contributed by atoms with Crippen molar-refractivity contribution in [3.63, 3.8) is 0 Å². The van der Waals surface area contributed by atoms with E-state index in [0.717, 1.165) is 66.5 Å². The van der Waals surface area contributed by atoms with Gasteiger partial charge in [0, 0.05) is 23.5 Å². The zero-order valence-electron chi connectivity index (χ0n) is 19.2. The lowest BCUT2D eigenvalue weighted by atomic mass is 10.0. The van der Waals surface area contributed by atoms with Gasteiger partial charge in [-0.1, -0.05) is 44.2 Å². The highest BCUT2D eigenvalue weighted by molar-refractivity contribution is 5.71. The number of H-pyrrole nitrogens is 2. The van der Waals surface area contributed by atoms with Crippen LogP contribution in [0.25, 0.3) is 33.6 Å². The Balaban J connectivity index is 1.45. The van der Waals surface area contributed by atoms with Crippen LogP contribution < -0.4 is 10.6 Å². The van der Waals surface area contributed by atoms with Gasteiger partial charge in [-0.05, 0) is 49.2 Å². The van der Waals surface area contributed by atoms with Gasteiger partial charge < -0.3 is 20.6 Å². The molecule has 0 bridgehead atoms. The predicted octanol–water partition coefficient (Wildman–Crippen LogP) is 5.27. The first kappa shape index (κ1) is 22.9. The van der Waals surface area contributed by atoms with Gasteiger partial charge in [0.25, 0.3) is 0 Å². The lowest BCUT2D eigenvalue weighted by Crippen LogP contribution is -2.14. The highest BCUT2D eigenvalue weighted by Gasteiger charge is 2.11. The molecule has 2 aromatic carbocycles. The van der Waals surface area contributed by atoms with Crippen LogP contribution >= 0.6 is 0 Å². The van der Waals surface area contributed by atoms with E-state index in [1.165, 1.54) is 0 Å². The average molecular weight is 447 g/mol. The number of nitrogens with one attached hydrogen (secondary N) is 4. The van der Waals surface area contributed by atoms with Crippen LogP contribution in [-0.2, 0) is 13.1 Å². The minimum Gasteiger partial charge on any atom is -0.347 e. The van der Waals surface area contributed by atoms with Crippen molar-refractivity contribution < 1.29 is 4.39 Å². The van der Waals surface area contributed by atoms with Gasteiger partial charge >= 0.3 is 0 Å². The van der Waals surface area contributed by atoms with Crippen molar-refractivity contribution in [3.05, 3.63) is 72.3 Å². The van der Waals surface area contributed by atoms with Gasteiger partial charge in [-0.25, -0.2) is 14.4 Å². The molecule has 33 heavy (non-hydrogen) atoms. The van der Waals surface area contributed by atoms with Crippen molar-refractivity contribution in [2.24, 2.45) is 0 Å². The summed E-state index contributed by atoms with van der Waals surface area (Å²) in [7, 11) is 0. The molecule has 0 radical (unpaired) electrons. The van der Waals surface area contributed by atoms with E-state index >= 15 is 0 Å². The number of benzene rings is 2. The number of imidazole rings is 2. The van der Waals surface area contributed by atoms with E-state index in [0.29, 0.717) is 17.8 Å². The van der Waals surface area contributed by atoms with E-state index in [4.69, 9.17) is 0 Å². The standard InChI is InChI=1S/C26H31FN6/c1-3-11-28-16-25-30-14-23(32-25)19-7-5-18(6-8-19)20-9-10-21(22(27)13-20)24-15-31-26(33-24)17-29-12-4-2/h5-10,13-15,28-29H,3-4,11-12,16-17H2,1-2H3,(H,30,32)(H,31,33). The molecule has 4 aromatic rings. The van der Waals surface area contributed by atoms with Gasteiger partial charge in [-0.15, -0.1) is 0 Å². The largest absolute Gasteiger partial charge is 0.347 e. The minimum absolute atomic E-state index is 0.285. The number of hydrogen-bond donors (Lipinski definition) is 4. The maximum Gasteiger partial charge on any atom is 0.133 e. The number of rotatable bonds is 11. The summed E-state index contributed by atoms with van der Waals surface area (Å²) >= 11 is 0. The summed E-state index contributed by atoms with van der Waals surface area (Å²) in [6.45, 7) is 7.52. The summed E-state index contributed by atoms with van der Waals surface area (Å²) in [6, 6.07) is 13.3. The Hall–Kier alpha value is -3.29. The third kappa shape index (κ3) is 5.74. The van der Waals surface area contributed by atoms with E-state index < -0.39 is 0 Å². The van der Waals surface area contributed by atoms with Crippen molar-refractivity contribution in [1.29, 1.82) is 0 Å². The predicted molar refractivity (Wildman–Crippen MR) is 131 cm³/mol. The Morgan fingerprint density at radius 1 is 0.727 bits per heavy atom. The molecule has 4 rings (SSSR count). The van der Waals surface area contributed by atoms with Crippen molar-refractivity contribution >= 4 is 0 Å². The molecule has 0 unspecified atom stereocenters. The summed E-state index contributed by atoms with van der Waals surface area (Å²) in [5.74, 6) is 1.44. The van der Waals surface area contributed by atoms with Crippen molar-refractivity contribution in [2.45, 2.75) is 39.8 Å². The SMILES string of the molecule is CCCNCc1nc(-c2ccc(-c3ccc(-c4c[nH]c(CNCCC)n4)c(F)c3)cc2)c[nH]1. The second-order valence-electron chi connectivity index (χ2n) is 8.09. The fourth-order valence-corrected chi connectivity index (χ4v) is 3.69. The molecule has 172 valence electrons. The highest BCUT2D eigenvalue weighted by atomic mass is 19.1. The van der Waals surface area contributed by atoms with Crippen LogP contribution in [0.4, 0.5) is 4.39 Å². The minimum atomic E-state index is -0.285. The highest BCUT2D eigenvalue weighted by Crippen LogP contribution is 2.28. The van der Waals surface area contributed by atoms with Gasteiger partial charge in [-0.3, -0.25) is 0 Å². The molecule has 2 aromatic heterocycles. The number of aromatic nitrogens is 4. The van der Waals surface area contributed by atoms with Crippen LogP contribution in [0.15, 0.2) is 54.9 Å². The van der Waals surface area contributed by atoms with Crippen LogP contribution in [0.3, 0.4) is 0 Å². The first-order valence-corrected chi connectivity index (χ1v) is 11.6. The first-order valence-electron chi connectivity index (χ1n) is 11.6. The zero-order chi connectivity index (χ0) is 23.0. The monoisotopic (exact) mass is 446 g/mol. The Morgan fingerprint density at radius 2 is 1.27 bits per heavy atom. The molecule has 0 aliphatic heterocycles. The molecule has 0 fully saturated rings. The fourth-order valence-electron chi connectivity index (χ4n) is 3.69. The third-order valence-corrected chi connectivity index (χ3v) is 5.46. The summed E-state index contributed by atoms with van der Waals surface area (Å²) in [5.41, 5.74) is 4.82. The van der Waals surface area contributed by atoms with Crippen LogP contribution in [0.1, 0.15) is 38.3 Å². The molecule has 0 saturated heterocycles. The van der Waals surface area contributed by atoms with Crippen molar-refractivity contribution in [2.75, 3.05) is 13.1 Å². The average Bonchev–Trinajstić information content (AvgIpc) is 3.50. The maximum atomic E-state index is 14.9. The van der Waals surface area contributed by atoms with Gasteiger partial charge in [0.2, 0.25) is 0 Å². The second kappa shape index (κ2) is 11.0. The molecule has 0 amide bonds. The topological polar surface area (TPSA) is 81.4 Å². The molecule has 2 heterocycles. The number of aromatic amines is 2. The molecule has 6 nitrogen and oxygen atoms in total. The zero-order valence-corrected chi connectivity index (χ0v) is 19.2. The summed E-state index contributed by atoms with van der Waals surface area (Å²) < 4.78 is 14.9. The number of hydrogen-bond acceptors (Lipinski definition) is 4. The molecular weight excluding hydrogens is 415 g/mol. The molecule has 0 aliphatic rings. The van der Waals surface area contributed by atoms with E-state index in [-0.39, 0.29) is 5.82 Å². The van der Waals surface area contributed by atoms with Crippen LogP contribution in [0, 0.1) is 5.82 Å². The summed E-state index contributed by atoms with van der Waals surface area (Å²) in [4.78, 5) is 15.5. The molecule has 7 heteroatoms. The molecule has 4 N–H and O–H groups in total. The number of nitrogens with zero attached hydrogens (tertiary/aromatic N) is 2. The molecule has 0 saturated carbocycles. The van der Waals surface area contributed by atoms with E-state index in [9.17, 15) is 4.39 Å². The first-order chi connectivity index (χ1) is 16.2. The smallest absolute Gasteiger partial charge is 0.133 e. The van der Waals surface area contributed by atoms with E-state index in [1.54, 1.807) is 18.3 Å². The van der Waals surface area contributed by atoms with Crippen molar-refractivity contribution in [1.82, 2.24) is 30.6 Å². The quantitative estimate of drug-likeness (QED) is 0.237. The fraction of sp³-hybridized carbons (Fsp3) is 0.308. The van der Waals surface area contributed by atoms with Crippen LogP contribution in [-0.4, -0.2) is 33.0 Å². The Labute approximate surface area is 194 Å². The normalized spacial score (nSPS) is 11.2. The third-order valence-electron chi connectivity index (χ3n) is 5.46. The van der Waals surface area contributed by atoms with Gasteiger partial charge in [0.1, 0.15) is 17.5 Å². The Kier molecular flexibility index (Phi) is 7.65. The molecule has 0 aliphatic carbocycles. The Bertz CT molecular complexity index is 1160. The Morgan fingerprint density at radius 3 is 1.88 bits per heavy atom. The van der Waals surface area contributed by atoms with Crippen LogP contribution in [0.2, 0.25) is 0 Å². The van der Waals surface area contributed by atoms with Crippen molar-refractivity contribution in [3.8, 4) is 33.6 Å². The van der Waals surface area contributed by atoms with E-state index in [2.05, 4.69) is 44.4 Å². The van der Waals surface area contributed by atoms with Crippen LogP contribution in [0.5, 0.6) is 0 Å². The summed E-state index contributed by atoms with van der Waals surface area (Å²) in [5, 5.41) is 6.64. The molecule has 0 atom stereocenters. The van der Waals surface area contributed by atoms with Gasteiger partial charge in [0.15, 0.2) is 0 Å². The maximum absolute atomic E-state index is 14.9. The van der Waals surface area contributed by atoms with Gasteiger partial charge in [0.05, 0.1) is 24.5 Å². The molecular formula is C26H31FN6. The van der Waals surface area contributed by atoms with E-state index in [1.807, 2.05) is 36.5 Å². The summed E-state index contributed by atoms with van der Waals surface area (Å²) in [6.07, 6.45) is 5.83. The lowest BCUT2D eigenvalue weighted by molar-refractivity contribution is 0.631. The molecule has 0 spiro atoms.